The van der Waals surface area contributed by atoms with Crippen molar-refractivity contribution in [3.63, 3.8) is 0 Å². The smallest absolute Gasteiger partial charge is 0.166 e. The molecule has 0 radical (unpaired) electrons. The van der Waals surface area contributed by atoms with Crippen LogP contribution in [-0.4, -0.2) is 114 Å². The SMILES string of the molecule is C.C.O=C([O-])C1CC(C(=O)[O-])CC(C(=O)[O-])C1.O=C([O-])CC(C(=O)[O-])C(CC(=O)[O-])C(=O)[O-].O=C([O-])CC(C(=O)[O-])S(=O)(=O)[O-].O=C([O-])c1cc(C(=O)[O-])c(C(=O)[O-])cc1C(=O)[O-].O=C([O-])c1ccc(C(=O)[O-])c(C(=O)[O-])c1.c1ccc([S+](c2ccccc2)c2ccccc2)cc1.c1ccc([S+](c2ccccc2)c2ccccc2)cc1. The lowest BCUT2D eigenvalue weighted by Gasteiger charge is -2.36. The van der Waals surface area contributed by atoms with Crippen molar-refractivity contribution in [1.29, 1.82) is 0 Å². The summed E-state index contributed by atoms with van der Waals surface area (Å²) in [4.78, 5) is 174. The molecule has 0 N–H and O–H groups in total. The molecule has 0 bridgehead atoms. The number of carbonyl (C=O) groups is 16. The van der Waals surface area contributed by atoms with E-state index in [1.165, 1.54) is 29.4 Å². The number of carboxylic acid groups (broad SMARTS) is 16. The Balaban J connectivity index is 0.000000678. The van der Waals surface area contributed by atoms with E-state index in [2.05, 4.69) is 182 Å². The fourth-order valence-electron chi connectivity index (χ4n) is 9.94. The van der Waals surface area contributed by atoms with Crippen molar-refractivity contribution >= 4 is 127 Å². The Kier molecular flexibility index (Phi) is 41.9. The van der Waals surface area contributed by atoms with Crippen LogP contribution in [-0.2, 0) is 75.1 Å². The predicted octanol–water partition coefficient (Wildman–Crippen LogP) is -11.2. The van der Waals surface area contributed by atoms with Gasteiger partial charge in [-0.2, -0.15) is 0 Å². The zero-order valence-electron chi connectivity index (χ0n) is 57.9. The van der Waals surface area contributed by atoms with Gasteiger partial charge in [0.15, 0.2) is 29.4 Å². The van der Waals surface area contributed by atoms with Gasteiger partial charge in [-0.15, -0.1) is 0 Å². The van der Waals surface area contributed by atoms with E-state index in [-0.39, 0.29) is 55.9 Å². The molecule has 0 amide bonds. The molecule has 0 aromatic heterocycles. The van der Waals surface area contributed by atoms with E-state index in [0.717, 1.165) is 12.1 Å². The summed E-state index contributed by atoms with van der Waals surface area (Å²) in [5.74, 6) is -36.5. The molecule has 9 rings (SSSR count). The van der Waals surface area contributed by atoms with Crippen LogP contribution in [0.3, 0.4) is 0 Å². The summed E-state index contributed by atoms with van der Waals surface area (Å²) < 4.78 is 30.1. The van der Waals surface area contributed by atoms with Crippen molar-refractivity contribution in [2.24, 2.45) is 29.6 Å². The Hall–Kier alpha value is -14.1. The number of carbonyl (C=O) groups excluding carboxylic acids is 16. The van der Waals surface area contributed by atoms with Crippen molar-refractivity contribution in [2.75, 3.05) is 0 Å². The minimum Gasteiger partial charge on any atom is -0.747 e. The second-order valence-electron chi connectivity index (χ2n) is 22.8. The van der Waals surface area contributed by atoms with Crippen LogP contribution in [0.15, 0.2) is 242 Å². The summed E-state index contributed by atoms with van der Waals surface area (Å²) in [7, 11) is -5.22. The molecule has 116 heavy (non-hydrogen) atoms. The van der Waals surface area contributed by atoms with E-state index in [9.17, 15) is 171 Å². The lowest BCUT2D eigenvalue weighted by molar-refractivity contribution is -0.335. The lowest BCUT2D eigenvalue weighted by atomic mass is 9.75. The summed E-state index contributed by atoms with van der Waals surface area (Å²) in [5.41, 5.74) is -5.95. The highest BCUT2D eigenvalue weighted by atomic mass is 32.2. The summed E-state index contributed by atoms with van der Waals surface area (Å²) in [6, 6.07) is 67.3. The van der Waals surface area contributed by atoms with Crippen LogP contribution >= 0.6 is 0 Å². The molecule has 38 heteroatoms. The standard InChI is InChI=1S/2C18H15S.C10H6O8.C9H12O6.C9H6O6.C8H10O8.C4H6O7S.2CH4/c2*1-4-10-16(11-5-1)19(17-12-6-2-7-13-17)18-14-8-3-9-15-18;11-7(12)3-1-4(8(13)14)6(10(17)18)2-5(3)9(15)16;10-7(11)4-1-5(8(12)13)3-6(2-4)9(14)15;10-7(11)4-1-2-5(8(12)13)6(3-4)9(14)15;9-5(10)1-3(7(13)14)4(8(15)16)2-6(11)12;5-3(6)1-2(4(7)8)12(9,10)11;;/h2*1-15H;1-2H,(H,11,12)(H,13,14)(H,15,16)(H,17,18);4-6H,1-3H2,(H,10,11)(H,12,13)(H,14,15);1-3H,(H,10,11)(H,12,13)(H,14,15);3-4H,1-2H2,(H,9,10)(H,11,12)(H,13,14)(H,15,16);2H,1H2,(H,5,6)(H,7,8)(H,9,10,11);2*1H4/q2*+1;;;;;;;/p-17. The molecular formula is C78H61O35S3-15. The molecule has 8 aromatic carbocycles. The van der Waals surface area contributed by atoms with Crippen LogP contribution in [0.2, 0.25) is 0 Å². The van der Waals surface area contributed by atoms with E-state index in [0.29, 0.717) is 18.2 Å². The zero-order chi connectivity index (χ0) is 85.9. The number of benzene rings is 8. The molecule has 3 atom stereocenters. The maximum atomic E-state index is 10.6. The van der Waals surface area contributed by atoms with Gasteiger partial charge in [-0.3, -0.25) is 0 Å². The number of aliphatic carboxylic acids is 9. The monoisotopic (exact) mass is 1650 g/mol. The summed E-state index contributed by atoms with van der Waals surface area (Å²) in [5, 5.41) is 164. The van der Waals surface area contributed by atoms with Crippen molar-refractivity contribution in [3.8, 4) is 0 Å². The largest absolute Gasteiger partial charge is 0.747 e. The molecule has 8 aromatic rings. The van der Waals surface area contributed by atoms with E-state index in [4.69, 9.17) is 0 Å². The predicted molar refractivity (Wildman–Crippen MR) is 363 cm³/mol. The maximum absolute atomic E-state index is 10.6. The van der Waals surface area contributed by atoms with Crippen LogP contribution in [0.25, 0.3) is 0 Å². The second-order valence-corrected chi connectivity index (χ2v) is 28.4. The molecule has 0 spiro atoms. The van der Waals surface area contributed by atoms with Gasteiger partial charge in [0.1, 0.15) is 10.1 Å². The molecule has 0 aliphatic heterocycles. The van der Waals surface area contributed by atoms with E-state index in [1.54, 1.807) is 0 Å². The molecule has 1 aliphatic rings. The van der Waals surface area contributed by atoms with Crippen molar-refractivity contribution in [3.05, 3.63) is 251 Å². The summed E-state index contributed by atoms with van der Waals surface area (Å²) in [6.45, 7) is 0. The van der Waals surface area contributed by atoms with Gasteiger partial charge in [-0.1, -0.05) is 136 Å². The Labute approximate surface area is 664 Å². The van der Waals surface area contributed by atoms with Crippen LogP contribution < -0.4 is 81.7 Å². The number of hydrogen-bond donors (Lipinski definition) is 0. The third-order valence-corrected chi connectivity index (χ3v) is 20.7. The maximum Gasteiger partial charge on any atom is 0.166 e. The molecule has 35 nitrogen and oxygen atoms in total. The first-order chi connectivity index (χ1) is 53.5. The van der Waals surface area contributed by atoms with Gasteiger partial charge in [0.05, 0.1) is 74.8 Å². The number of carboxylic acids is 16. The van der Waals surface area contributed by atoms with Crippen molar-refractivity contribution in [2.45, 2.75) is 88.0 Å². The minimum absolute atomic E-state index is 0. The van der Waals surface area contributed by atoms with E-state index in [1.807, 2.05) is 0 Å². The Morgan fingerprint density at radius 1 is 0.284 bits per heavy atom. The first-order valence-electron chi connectivity index (χ1n) is 31.9. The van der Waals surface area contributed by atoms with Gasteiger partial charge in [0.2, 0.25) is 0 Å². The van der Waals surface area contributed by atoms with Gasteiger partial charge in [0.25, 0.3) is 0 Å². The molecule has 1 fully saturated rings. The number of rotatable bonds is 27. The second kappa shape index (κ2) is 48.6. The topological polar surface area (TPSA) is 699 Å². The molecule has 1 aliphatic carbocycles. The van der Waals surface area contributed by atoms with Crippen molar-refractivity contribution < 1.29 is 171 Å². The molecule has 0 saturated heterocycles. The van der Waals surface area contributed by atoms with Gasteiger partial charge < -0.3 is 163 Å². The fourth-order valence-corrected chi connectivity index (χ4v) is 14.7. The lowest BCUT2D eigenvalue weighted by Crippen LogP contribution is -2.48. The highest BCUT2D eigenvalue weighted by Gasteiger charge is 2.32. The van der Waals surface area contributed by atoms with Crippen LogP contribution in [0, 0.1) is 29.6 Å². The fraction of sp³-hybridized carbons (Fsp3) is 0.179. The van der Waals surface area contributed by atoms with E-state index >= 15 is 0 Å². The van der Waals surface area contributed by atoms with Crippen molar-refractivity contribution in [1.82, 2.24) is 0 Å². The van der Waals surface area contributed by atoms with Gasteiger partial charge >= 0.3 is 0 Å². The Bertz CT molecular complexity index is 4390. The first kappa shape index (κ1) is 99.9. The first-order valence-corrected chi connectivity index (χ1v) is 35.8. The van der Waals surface area contributed by atoms with Crippen LogP contribution in [0.5, 0.6) is 0 Å². The third-order valence-electron chi connectivity index (χ3n) is 15.1. The van der Waals surface area contributed by atoms with Gasteiger partial charge in [-0.05, 0) is 146 Å². The highest BCUT2D eigenvalue weighted by molar-refractivity contribution is 7.97. The van der Waals surface area contributed by atoms with Crippen LogP contribution in [0.1, 0.15) is 126 Å². The summed E-state index contributed by atoms with van der Waals surface area (Å²) >= 11 is 0. The Morgan fingerprint density at radius 3 is 0.655 bits per heavy atom. The highest BCUT2D eigenvalue weighted by Crippen LogP contribution is 2.34. The van der Waals surface area contributed by atoms with Gasteiger partial charge in [0, 0.05) is 99.4 Å². The molecule has 616 valence electrons. The minimum atomic E-state index is -5.19. The zero-order valence-corrected chi connectivity index (χ0v) is 60.4. The van der Waals surface area contributed by atoms with E-state index < -0.39 is 199 Å². The summed E-state index contributed by atoms with van der Waals surface area (Å²) in [6.07, 6.45) is -4.13. The number of aromatic carboxylic acids is 7. The molecular weight excluding hydrogens is 1590 g/mol. The third kappa shape index (κ3) is 32.7. The molecule has 0 heterocycles. The average Bonchev–Trinajstić information content (AvgIpc) is 0.790. The van der Waals surface area contributed by atoms with Crippen LogP contribution in [0.4, 0.5) is 0 Å². The normalized spacial score (nSPS) is 13.5. The molecule has 3 unspecified atom stereocenters. The molecule has 1 saturated carbocycles. The number of hydrogen-bond acceptors (Lipinski definition) is 35. The quantitative estimate of drug-likeness (QED) is 0.0341. The van der Waals surface area contributed by atoms with Gasteiger partial charge in [-0.25, -0.2) is 8.42 Å². The Morgan fingerprint density at radius 2 is 0.500 bits per heavy atom. The average molecular weight is 1650 g/mol.